The Morgan fingerprint density at radius 2 is 1.74 bits per heavy atom. The monoisotopic (exact) mass is 554 g/mol. The summed E-state index contributed by atoms with van der Waals surface area (Å²) >= 11 is 3.17. The van der Waals surface area contributed by atoms with Gasteiger partial charge in [0.15, 0.2) is 5.13 Å². The van der Waals surface area contributed by atoms with Crippen LogP contribution >= 0.6 is 35.5 Å². The van der Waals surface area contributed by atoms with Gasteiger partial charge in [-0.15, -0.1) is 24.2 Å². The Bertz CT molecular complexity index is 1260. The van der Waals surface area contributed by atoms with Crippen molar-refractivity contribution in [1.82, 2.24) is 14.2 Å². The van der Waals surface area contributed by atoms with Gasteiger partial charge in [-0.1, -0.05) is 17.8 Å². The molecule has 0 radical (unpaired) electrons. The van der Waals surface area contributed by atoms with Crippen molar-refractivity contribution in [2.24, 2.45) is 0 Å². The highest BCUT2D eigenvalue weighted by atomic mass is 35.5. The topological polar surface area (TPSA) is 73.8 Å². The maximum absolute atomic E-state index is 13.5. The quantitative estimate of drug-likeness (QED) is 0.372. The van der Waals surface area contributed by atoms with E-state index in [-0.39, 0.29) is 23.2 Å². The first-order valence-electron chi connectivity index (χ1n) is 11.3. The molecular weight excluding hydrogens is 524 g/mol. The van der Waals surface area contributed by atoms with E-state index in [2.05, 4.69) is 6.07 Å². The minimum absolute atomic E-state index is 0. The number of carbonyl (C=O) groups excluding carboxylic acids is 1. The summed E-state index contributed by atoms with van der Waals surface area (Å²) in [5, 5.41) is 0.644. The predicted octanol–water partition coefficient (Wildman–Crippen LogP) is 4.82. The van der Waals surface area contributed by atoms with Gasteiger partial charge in [0.1, 0.15) is 0 Å². The minimum atomic E-state index is -3.53. The number of carbonyl (C=O) groups is 1. The van der Waals surface area contributed by atoms with E-state index in [1.807, 2.05) is 37.4 Å². The first-order chi connectivity index (χ1) is 16.3. The Morgan fingerprint density at radius 1 is 1.06 bits per heavy atom. The van der Waals surface area contributed by atoms with Gasteiger partial charge in [0.2, 0.25) is 10.0 Å². The van der Waals surface area contributed by atoms with Gasteiger partial charge in [0.25, 0.3) is 5.91 Å². The first-order valence-corrected chi connectivity index (χ1v) is 14.8. The normalized spacial score (nSPS) is 14.7. The molecule has 2 heterocycles. The van der Waals surface area contributed by atoms with Gasteiger partial charge in [-0.2, -0.15) is 4.31 Å². The number of benzene rings is 2. The van der Waals surface area contributed by atoms with Crippen LogP contribution in [0.3, 0.4) is 0 Å². The third-order valence-corrected chi connectivity index (χ3v) is 9.56. The van der Waals surface area contributed by atoms with Crippen molar-refractivity contribution in [3.05, 3.63) is 48.0 Å². The zero-order valence-electron chi connectivity index (χ0n) is 20.1. The van der Waals surface area contributed by atoms with Crippen LogP contribution in [0.2, 0.25) is 0 Å². The largest absolute Gasteiger partial charge is 0.308 e. The molecule has 1 fully saturated rings. The first kappa shape index (κ1) is 27.9. The number of nitrogens with zero attached hydrogens (tertiary/aromatic N) is 4. The third-order valence-electron chi connectivity index (χ3n) is 5.89. The van der Waals surface area contributed by atoms with Crippen LogP contribution in [-0.4, -0.2) is 75.0 Å². The van der Waals surface area contributed by atoms with Gasteiger partial charge in [-0.25, -0.2) is 13.4 Å². The van der Waals surface area contributed by atoms with Gasteiger partial charge in [-0.3, -0.25) is 9.69 Å². The second-order valence-electron chi connectivity index (χ2n) is 8.58. The number of piperidine rings is 1. The molecular formula is C24H31ClN4O3S3. The molecule has 0 unspecified atom stereocenters. The zero-order valence-corrected chi connectivity index (χ0v) is 23.4. The number of sulfonamides is 1. The van der Waals surface area contributed by atoms with E-state index in [0.29, 0.717) is 36.9 Å². The van der Waals surface area contributed by atoms with Crippen molar-refractivity contribution >= 4 is 66.8 Å². The third kappa shape index (κ3) is 6.36. The van der Waals surface area contributed by atoms with E-state index in [1.54, 1.807) is 45.2 Å². The Balaban J connectivity index is 0.00000342. The highest BCUT2D eigenvalue weighted by molar-refractivity contribution is 7.98. The van der Waals surface area contributed by atoms with Gasteiger partial charge in [-0.05, 0) is 75.7 Å². The molecule has 1 aromatic heterocycles. The number of thioether (sulfide) groups is 1. The Kier molecular flexibility index (Phi) is 9.59. The average Bonchev–Trinajstić information content (AvgIpc) is 3.27. The molecule has 1 saturated heterocycles. The highest BCUT2D eigenvalue weighted by Crippen LogP contribution is 2.32. The number of halogens is 1. The van der Waals surface area contributed by atoms with Crippen molar-refractivity contribution in [3.8, 4) is 0 Å². The summed E-state index contributed by atoms with van der Waals surface area (Å²) in [6.07, 6.45) is 4.87. The Labute approximate surface area is 222 Å². The van der Waals surface area contributed by atoms with E-state index in [0.717, 1.165) is 34.4 Å². The number of hydrogen-bond donors (Lipinski definition) is 0. The van der Waals surface area contributed by atoms with Crippen molar-refractivity contribution in [3.63, 3.8) is 0 Å². The molecule has 1 amide bonds. The summed E-state index contributed by atoms with van der Waals surface area (Å²) < 4.78 is 28.5. The van der Waals surface area contributed by atoms with Crippen LogP contribution in [0, 0.1) is 0 Å². The fraction of sp³-hybridized carbons (Fsp3) is 0.417. The average molecular weight is 555 g/mol. The van der Waals surface area contributed by atoms with Crippen molar-refractivity contribution in [1.29, 1.82) is 0 Å². The molecule has 0 saturated carbocycles. The summed E-state index contributed by atoms with van der Waals surface area (Å²) in [5.74, 6) is -0.187. The maximum atomic E-state index is 13.5. The number of likely N-dealkylation sites (N-methyl/N-ethyl adjacent to an activating group) is 1. The molecule has 4 rings (SSSR count). The molecule has 1 aliphatic heterocycles. The number of hydrogen-bond acceptors (Lipinski definition) is 7. The van der Waals surface area contributed by atoms with E-state index >= 15 is 0 Å². The van der Waals surface area contributed by atoms with Crippen LogP contribution in [0.15, 0.2) is 52.3 Å². The molecule has 11 heteroatoms. The number of thiazole rings is 1. The van der Waals surface area contributed by atoms with Crippen molar-refractivity contribution < 1.29 is 13.2 Å². The molecule has 2 aromatic carbocycles. The van der Waals surface area contributed by atoms with E-state index < -0.39 is 10.0 Å². The standard InChI is InChI=1S/C24H30N4O3S3.ClH/c1-26(2)15-16-28(24-25-21-12-9-19(32-3)17-22(21)33-24)23(29)18-7-10-20(11-8-18)34(30,31)27-13-5-4-6-14-27;/h7-12,17H,4-6,13-16H2,1-3H3;1H. The molecule has 0 N–H and O–H groups in total. The number of rotatable bonds is 8. The lowest BCUT2D eigenvalue weighted by Crippen LogP contribution is -2.37. The maximum Gasteiger partial charge on any atom is 0.260 e. The molecule has 0 atom stereocenters. The smallest absolute Gasteiger partial charge is 0.260 e. The molecule has 0 spiro atoms. The summed E-state index contributed by atoms with van der Waals surface area (Å²) in [6, 6.07) is 12.4. The minimum Gasteiger partial charge on any atom is -0.308 e. The van der Waals surface area contributed by atoms with Gasteiger partial charge in [0, 0.05) is 36.6 Å². The molecule has 35 heavy (non-hydrogen) atoms. The predicted molar refractivity (Wildman–Crippen MR) is 148 cm³/mol. The zero-order chi connectivity index (χ0) is 24.3. The van der Waals surface area contributed by atoms with Crippen molar-refractivity contribution in [2.45, 2.75) is 29.1 Å². The lowest BCUT2D eigenvalue weighted by Gasteiger charge is -2.26. The van der Waals surface area contributed by atoms with E-state index in [9.17, 15) is 13.2 Å². The van der Waals surface area contributed by atoms with Crippen LogP contribution in [0.1, 0.15) is 29.6 Å². The van der Waals surface area contributed by atoms with Gasteiger partial charge >= 0.3 is 0 Å². The lowest BCUT2D eigenvalue weighted by atomic mass is 10.2. The summed E-state index contributed by atoms with van der Waals surface area (Å²) in [7, 11) is 0.396. The van der Waals surface area contributed by atoms with Crippen LogP contribution in [0.5, 0.6) is 0 Å². The molecule has 7 nitrogen and oxygen atoms in total. The number of aromatic nitrogens is 1. The van der Waals surface area contributed by atoms with Crippen LogP contribution in [0.25, 0.3) is 10.2 Å². The van der Waals surface area contributed by atoms with E-state index in [1.165, 1.54) is 11.3 Å². The second-order valence-corrected chi connectivity index (χ2v) is 12.4. The van der Waals surface area contributed by atoms with E-state index in [4.69, 9.17) is 4.98 Å². The molecule has 1 aliphatic rings. The second kappa shape index (κ2) is 12.0. The Morgan fingerprint density at radius 3 is 2.37 bits per heavy atom. The molecule has 190 valence electrons. The van der Waals surface area contributed by atoms with Crippen LogP contribution in [0.4, 0.5) is 5.13 Å². The lowest BCUT2D eigenvalue weighted by molar-refractivity contribution is 0.0985. The Hall–Kier alpha value is -1.69. The summed E-state index contributed by atoms with van der Waals surface area (Å²) in [6.45, 7) is 2.27. The van der Waals surface area contributed by atoms with Gasteiger partial charge < -0.3 is 4.90 Å². The van der Waals surface area contributed by atoms with Crippen molar-refractivity contribution in [2.75, 3.05) is 51.4 Å². The number of anilines is 1. The van der Waals surface area contributed by atoms with Crippen LogP contribution in [-0.2, 0) is 10.0 Å². The fourth-order valence-corrected chi connectivity index (χ4v) is 6.96. The summed E-state index contributed by atoms with van der Waals surface area (Å²) in [4.78, 5) is 23.4. The molecule has 0 aliphatic carbocycles. The number of amides is 1. The fourth-order valence-electron chi connectivity index (χ4n) is 3.90. The molecule has 3 aromatic rings. The number of fused-ring (bicyclic) bond motifs is 1. The van der Waals surface area contributed by atoms with Gasteiger partial charge in [0.05, 0.1) is 15.1 Å². The highest BCUT2D eigenvalue weighted by Gasteiger charge is 2.27. The summed E-state index contributed by atoms with van der Waals surface area (Å²) in [5.41, 5.74) is 1.31. The van der Waals surface area contributed by atoms with Crippen LogP contribution < -0.4 is 4.90 Å². The molecule has 0 bridgehead atoms. The SMILES string of the molecule is CSc1ccc2nc(N(CCN(C)C)C(=O)c3ccc(S(=O)(=O)N4CCCCC4)cc3)sc2c1.Cl.